The van der Waals surface area contributed by atoms with E-state index >= 15 is 0 Å². The number of ether oxygens (including phenoxy) is 2. The van der Waals surface area contributed by atoms with Gasteiger partial charge in [-0.3, -0.25) is 14.4 Å². The molecule has 4 atom stereocenters. The Bertz CT molecular complexity index is 1410. The number of hydrogen-bond donors (Lipinski definition) is 4. The molecule has 0 aromatic heterocycles. The molecule has 1 fully saturated rings. The van der Waals surface area contributed by atoms with E-state index in [1.807, 2.05) is 0 Å². The van der Waals surface area contributed by atoms with Crippen molar-refractivity contribution in [3.63, 3.8) is 0 Å². The Kier molecular flexibility index (Phi) is 8.27. The van der Waals surface area contributed by atoms with Gasteiger partial charge in [0.15, 0.2) is 0 Å². The third-order valence-electron chi connectivity index (χ3n) is 6.92. The maximum Gasteiger partial charge on any atom is 0.235 e. The van der Waals surface area contributed by atoms with E-state index in [1.54, 1.807) is 54.6 Å². The fourth-order valence-electron chi connectivity index (χ4n) is 5.14. The van der Waals surface area contributed by atoms with Crippen molar-refractivity contribution < 1.29 is 34.1 Å². The molecule has 2 amide bonds. The molecule has 1 aliphatic rings. The number of anilines is 2. The maximum atomic E-state index is 13.9. The van der Waals surface area contributed by atoms with E-state index in [9.17, 15) is 24.6 Å². The number of para-hydroxylation sites is 4. The van der Waals surface area contributed by atoms with Gasteiger partial charge in [0, 0.05) is 12.3 Å². The number of carbonyl (C=O) groups excluding carboxylic acids is 3. The molecule has 3 aromatic rings. The van der Waals surface area contributed by atoms with Crippen LogP contribution in [0, 0.1) is 11.8 Å². The fourth-order valence-corrected chi connectivity index (χ4v) is 5.54. The standard InChI is InChI=1S/C29H29BrN2O7/c1-29(37)15-21(34)25(27(35)31-18-8-4-6-10-22(18)38-2)24(16-12-13-20(33)17(30)14-16)26(29)28(36)32-19-9-5-7-11-23(19)39-3/h4-14,24-26,33,37H,15H2,1-3H3,(H,31,35)(H,32,36). The van der Waals surface area contributed by atoms with Crippen LogP contribution >= 0.6 is 15.9 Å². The molecule has 1 saturated carbocycles. The van der Waals surface area contributed by atoms with Gasteiger partial charge in [0.1, 0.15) is 28.9 Å². The van der Waals surface area contributed by atoms with Crippen LogP contribution in [0.1, 0.15) is 24.8 Å². The first-order valence-electron chi connectivity index (χ1n) is 12.2. The number of carbonyl (C=O) groups is 3. The Morgan fingerprint density at radius 3 is 2.00 bits per heavy atom. The number of phenols is 1. The average Bonchev–Trinajstić information content (AvgIpc) is 2.89. The lowest BCUT2D eigenvalue weighted by Crippen LogP contribution is -2.56. The molecule has 0 heterocycles. The summed E-state index contributed by atoms with van der Waals surface area (Å²) >= 11 is 3.28. The number of amides is 2. The largest absolute Gasteiger partial charge is 0.507 e. The number of benzene rings is 3. The van der Waals surface area contributed by atoms with Crippen LogP contribution in [0.3, 0.4) is 0 Å². The van der Waals surface area contributed by atoms with Gasteiger partial charge in [-0.05, 0) is 64.8 Å². The first-order chi connectivity index (χ1) is 18.6. The second-order valence-electron chi connectivity index (χ2n) is 9.57. The molecule has 3 aromatic carbocycles. The van der Waals surface area contributed by atoms with Crippen molar-refractivity contribution in [3.05, 3.63) is 76.8 Å². The van der Waals surface area contributed by atoms with E-state index in [2.05, 4.69) is 26.6 Å². The number of aliphatic hydroxyl groups is 1. The van der Waals surface area contributed by atoms with Crippen LogP contribution < -0.4 is 20.1 Å². The second kappa shape index (κ2) is 11.5. The number of halogens is 1. The highest BCUT2D eigenvalue weighted by Crippen LogP contribution is 2.48. The zero-order valence-electron chi connectivity index (χ0n) is 21.6. The molecule has 0 bridgehead atoms. The number of hydrogen-bond acceptors (Lipinski definition) is 7. The monoisotopic (exact) mass is 596 g/mol. The molecule has 9 nitrogen and oxygen atoms in total. The first kappa shape index (κ1) is 28.1. The lowest BCUT2D eigenvalue weighted by molar-refractivity contribution is -0.150. The predicted molar refractivity (Wildman–Crippen MR) is 149 cm³/mol. The molecule has 0 radical (unpaired) electrons. The molecule has 204 valence electrons. The molecule has 10 heteroatoms. The Morgan fingerprint density at radius 2 is 1.46 bits per heavy atom. The Hall–Kier alpha value is -3.89. The molecule has 4 N–H and O–H groups in total. The Balaban J connectivity index is 1.81. The van der Waals surface area contributed by atoms with Crippen LogP contribution in [-0.4, -0.2) is 47.6 Å². The first-order valence-corrected chi connectivity index (χ1v) is 13.0. The summed E-state index contributed by atoms with van der Waals surface area (Å²) in [6, 6.07) is 18.0. The molecule has 4 unspecified atom stereocenters. The molecule has 0 aliphatic heterocycles. The van der Waals surface area contributed by atoms with Crippen molar-refractivity contribution in [3.8, 4) is 17.2 Å². The van der Waals surface area contributed by atoms with Crippen LogP contribution in [0.15, 0.2) is 71.2 Å². The highest BCUT2D eigenvalue weighted by molar-refractivity contribution is 9.10. The molecule has 4 rings (SSSR count). The van der Waals surface area contributed by atoms with Gasteiger partial charge in [-0.1, -0.05) is 30.3 Å². The van der Waals surface area contributed by atoms with Crippen LogP contribution in [0.5, 0.6) is 17.2 Å². The number of ketones is 1. The minimum absolute atomic E-state index is 0.0577. The summed E-state index contributed by atoms with van der Waals surface area (Å²) in [5.41, 5.74) is -0.651. The normalized spacial score (nSPS) is 22.6. The summed E-state index contributed by atoms with van der Waals surface area (Å²) in [5.74, 6) is -4.67. The van der Waals surface area contributed by atoms with Crippen molar-refractivity contribution in [1.82, 2.24) is 0 Å². The van der Waals surface area contributed by atoms with E-state index in [1.165, 1.54) is 33.3 Å². The van der Waals surface area contributed by atoms with Gasteiger partial charge in [-0.25, -0.2) is 0 Å². The van der Waals surface area contributed by atoms with Crippen molar-refractivity contribution in [2.75, 3.05) is 24.9 Å². The number of Topliss-reactive ketones (excluding diaryl/α,β-unsaturated/α-hetero) is 1. The summed E-state index contributed by atoms with van der Waals surface area (Å²) in [6.45, 7) is 1.41. The number of methoxy groups -OCH3 is 2. The number of rotatable bonds is 7. The molecule has 0 saturated heterocycles. The number of aromatic hydroxyl groups is 1. The zero-order chi connectivity index (χ0) is 28.3. The van der Waals surface area contributed by atoms with Crippen molar-refractivity contribution in [1.29, 1.82) is 0 Å². The summed E-state index contributed by atoms with van der Waals surface area (Å²) < 4.78 is 11.0. The van der Waals surface area contributed by atoms with Gasteiger partial charge < -0.3 is 30.3 Å². The quantitative estimate of drug-likeness (QED) is 0.295. The highest BCUT2D eigenvalue weighted by atomic mass is 79.9. The van der Waals surface area contributed by atoms with E-state index in [4.69, 9.17) is 9.47 Å². The van der Waals surface area contributed by atoms with Crippen molar-refractivity contribution >= 4 is 44.9 Å². The summed E-state index contributed by atoms with van der Waals surface area (Å²) in [4.78, 5) is 41.1. The van der Waals surface area contributed by atoms with Crippen LogP contribution in [0.4, 0.5) is 11.4 Å². The van der Waals surface area contributed by atoms with Gasteiger partial charge >= 0.3 is 0 Å². The maximum absolute atomic E-state index is 13.9. The van der Waals surface area contributed by atoms with Gasteiger partial charge in [-0.2, -0.15) is 0 Å². The van der Waals surface area contributed by atoms with Crippen LogP contribution in [-0.2, 0) is 14.4 Å². The van der Waals surface area contributed by atoms with Gasteiger partial charge in [-0.15, -0.1) is 0 Å². The molecular formula is C29H29BrN2O7. The smallest absolute Gasteiger partial charge is 0.235 e. The fraction of sp³-hybridized carbons (Fsp3) is 0.276. The van der Waals surface area contributed by atoms with Gasteiger partial charge in [0.25, 0.3) is 0 Å². The summed E-state index contributed by atoms with van der Waals surface area (Å²) in [6.07, 6.45) is -0.420. The molecule has 1 aliphatic carbocycles. The minimum Gasteiger partial charge on any atom is -0.507 e. The van der Waals surface area contributed by atoms with Crippen LogP contribution in [0.2, 0.25) is 0 Å². The lowest BCUT2D eigenvalue weighted by atomic mass is 9.61. The van der Waals surface area contributed by atoms with E-state index < -0.39 is 47.4 Å². The predicted octanol–water partition coefficient (Wildman–Crippen LogP) is 4.49. The van der Waals surface area contributed by atoms with Crippen LogP contribution in [0.25, 0.3) is 0 Å². The van der Waals surface area contributed by atoms with Crippen molar-refractivity contribution in [2.24, 2.45) is 11.8 Å². The Labute approximate surface area is 234 Å². The highest BCUT2D eigenvalue weighted by Gasteiger charge is 2.56. The summed E-state index contributed by atoms with van der Waals surface area (Å²) in [7, 11) is 2.93. The number of nitrogens with one attached hydrogen (secondary N) is 2. The lowest BCUT2D eigenvalue weighted by Gasteiger charge is -2.44. The van der Waals surface area contributed by atoms with E-state index in [0.717, 1.165) is 0 Å². The van der Waals surface area contributed by atoms with Crippen molar-refractivity contribution in [2.45, 2.75) is 24.9 Å². The number of phenolic OH excluding ortho intramolecular Hbond substituents is 1. The zero-order valence-corrected chi connectivity index (χ0v) is 23.2. The van der Waals surface area contributed by atoms with Gasteiger partial charge in [0.2, 0.25) is 11.8 Å². The molecule has 39 heavy (non-hydrogen) atoms. The average molecular weight is 597 g/mol. The minimum atomic E-state index is -1.79. The third kappa shape index (κ3) is 5.76. The Morgan fingerprint density at radius 1 is 0.923 bits per heavy atom. The van der Waals surface area contributed by atoms with E-state index in [0.29, 0.717) is 32.9 Å². The topological polar surface area (TPSA) is 134 Å². The molecular weight excluding hydrogens is 568 g/mol. The summed E-state index contributed by atoms with van der Waals surface area (Å²) in [5, 5.41) is 27.2. The molecule has 0 spiro atoms. The second-order valence-corrected chi connectivity index (χ2v) is 10.4. The van der Waals surface area contributed by atoms with E-state index in [-0.39, 0.29) is 5.75 Å². The van der Waals surface area contributed by atoms with Gasteiger partial charge in [0.05, 0.1) is 41.6 Å². The third-order valence-corrected chi connectivity index (χ3v) is 7.55. The SMILES string of the molecule is COc1ccccc1NC(=O)C1C(=O)CC(C)(O)C(C(=O)Nc2ccccc2OC)C1c1ccc(O)c(Br)c1.